The minimum Gasteiger partial charge on any atom is -0.383 e. The quantitative estimate of drug-likeness (QED) is 0.872. The number of ether oxygens (including phenoxy) is 1. The normalized spacial score (nSPS) is 12.1. The highest BCUT2D eigenvalue weighted by Crippen LogP contribution is 2.19. The lowest BCUT2D eigenvalue weighted by Crippen LogP contribution is -2.22. The first-order valence-electron chi connectivity index (χ1n) is 5.51. The van der Waals surface area contributed by atoms with E-state index < -0.39 is 0 Å². The van der Waals surface area contributed by atoms with Gasteiger partial charge in [0.15, 0.2) is 5.82 Å². The summed E-state index contributed by atoms with van der Waals surface area (Å²) in [6, 6.07) is 3.77. The molecule has 6 heteroatoms. The van der Waals surface area contributed by atoms with Gasteiger partial charge in [-0.25, -0.2) is 15.0 Å². The Kier molecular flexibility index (Phi) is 3.65. The lowest BCUT2D eigenvalue weighted by atomic mass is 10.2. The fourth-order valence-electron chi connectivity index (χ4n) is 1.68. The standard InChI is InChI=1S/C12H13N5O/c1-8(6-18-2)16-12-11-9(5-14-7-15-11)3-10(4-13)17-12/h3,5,7-8H,6H2,1-2H3,(H,16,17)/t8-/m1/s1. The summed E-state index contributed by atoms with van der Waals surface area (Å²) in [6.07, 6.45) is 3.12. The number of hydrogen-bond donors (Lipinski definition) is 1. The van der Waals surface area contributed by atoms with Gasteiger partial charge in [0.2, 0.25) is 0 Å². The summed E-state index contributed by atoms with van der Waals surface area (Å²) >= 11 is 0. The van der Waals surface area contributed by atoms with Crippen molar-refractivity contribution in [3.05, 3.63) is 24.3 Å². The second kappa shape index (κ2) is 5.38. The largest absolute Gasteiger partial charge is 0.383 e. The molecule has 0 aliphatic rings. The molecule has 2 rings (SSSR count). The van der Waals surface area contributed by atoms with Gasteiger partial charge in [0.1, 0.15) is 23.6 Å². The van der Waals surface area contributed by atoms with Crippen LogP contribution in [0.2, 0.25) is 0 Å². The minimum atomic E-state index is 0.0783. The number of nitriles is 1. The number of fused-ring (bicyclic) bond motifs is 1. The summed E-state index contributed by atoms with van der Waals surface area (Å²) in [7, 11) is 1.64. The molecule has 1 N–H and O–H groups in total. The first-order valence-corrected chi connectivity index (χ1v) is 5.51. The molecule has 0 saturated heterocycles. The van der Waals surface area contributed by atoms with Gasteiger partial charge in [-0.1, -0.05) is 0 Å². The van der Waals surface area contributed by atoms with Crippen molar-refractivity contribution in [1.82, 2.24) is 15.0 Å². The second-order valence-electron chi connectivity index (χ2n) is 3.93. The zero-order chi connectivity index (χ0) is 13.0. The summed E-state index contributed by atoms with van der Waals surface area (Å²) in [5, 5.41) is 12.9. The predicted octanol–water partition coefficient (Wildman–Crippen LogP) is 1.34. The number of anilines is 1. The van der Waals surface area contributed by atoms with Crippen LogP contribution in [0.25, 0.3) is 10.9 Å². The third-order valence-corrected chi connectivity index (χ3v) is 2.40. The Morgan fingerprint density at radius 3 is 3.11 bits per heavy atom. The summed E-state index contributed by atoms with van der Waals surface area (Å²) in [5.74, 6) is 0.580. The molecule has 92 valence electrons. The van der Waals surface area contributed by atoms with Crippen molar-refractivity contribution in [3.8, 4) is 6.07 Å². The number of nitrogens with zero attached hydrogens (tertiary/aromatic N) is 4. The van der Waals surface area contributed by atoms with Crippen molar-refractivity contribution in [2.75, 3.05) is 19.0 Å². The van der Waals surface area contributed by atoms with Gasteiger partial charge in [0, 0.05) is 24.7 Å². The van der Waals surface area contributed by atoms with E-state index in [2.05, 4.69) is 20.3 Å². The van der Waals surface area contributed by atoms with E-state index in [1.807, 2.05) is 13.0 Å². The van der Waals surface area contributed by atoms with Crippen molar-refractivity contribution in [3.63, 3.8) is 0 Å². The van der Waals surface area contributed by atoms with E-state index in [9.17, 15) is 0 Å². The lowest BCUT2D eigenvalue weighted by molar-refractivity contribution is 0.190. The summed E-state index contributed by atoms with van der Waals surface area (Å²) < 4.78 is 5.06. The molecule has 0 unspecified atom stereocenters. The Labute approximate surface area is 105 Å². The van der Waals surface area contributed by atoms with Crippen LogP contribution in [0.3, 0.4) is 0 Å². The van der Waals surface area contributed by atoms with Crippen LogP contribution in [0, 0.1) is 11.3 Å². The summed E-state index contributed by atoms with van der Waals surface area (Å²) in [6.45, 7) is 2.52. The fraction of sp³-hybridized carbons (Fsp3) is 0.333. The highest BCUT2D eigenvalue weighted by atomic mass is 16.5. The van der Waals surface area contributed by atoms with Gasteiger partial charge < -0.3 is 10.1 Å². The van der Waals surface area contributed by atoms with Crippen LogP contribution in [0.5, 0.6) is 0 Å². The SMILES string of the molecule is COC[C@@H](C)Nc1nc(C#N)cc2cncnc12. The van der Waals surface area contributed by atoms with Crippen molar-refractivity contribution >= 4 is 16.7 Å². The molecule has 18 heavy (non-hydrogen) atoms. The topological polar surface area (TPSA) is 83.7 Å². The molecule has 0 radical (unpaired) electrons. The number of pyridine rings is 1. The highest BCUT2D eigenvalue weighted by Gasteiger charge is 2.10. The van der Waals surface area contributed by atoms with Crippen molar-refractivity contribution in [1.29, 1.82) is 5.26 Å². The highest BCUT2D eigenvalue weighted by molar-refractivity contribution is 5.88. The molecule has 2 aromatic heterocycles. The summed E-state index contributed by atoms with van der Waals surface area (Å²) in [5.41, 5.74) is 1.04. The first-order chi connectivity index (χ1) is 8.74. The zero-order valence-corrected chi connectivity index (χ0v) is 10.2. The molecule has 0 bridgehead atoms. The van der Waals surface area contributed by atoms with Crippen LogP contribution in [-0.4, -0.2) is 34.7 Å². The second-order valence-corrected chi connectivity index (χ2v) is 3.93. The van der Waals surface area contributed by atoms with E-state index in [1.54, 1.807) is 19.4 Å². The molecule has 0 aromatic carbocycles. The maximum atomic E-state index is 8.95. The van der Waals surface area contributed by atoms with Crippen LogP contribution in [0.4, 0.5) is 5.82 Å². The van der Waals surface area contributed by atoms with Crippen molar-refractivity contribution < 1.29 is 4.74 Å². The third-order valence-electron chi connectivity index (χ3n) is 2.40. The number of rotatable bonds is 4. The van der Waals surface area contributed by atoms with Crippen LogP contribution >= 0.6 is 0 Å². The van der Waals surface area contributed by atoms with Gasteiger partial charge in [-0.15, -0.1) is 0 Å². The van der Waals surface area contributed by atoms with E-state index in [0.717, 1.165) is 5.39 Å². The Hall–Kier alpha value is -2.26. The van der Waals surface area contributed by atoms with E-state index in [0.29, 0.717) is 23.6 Å². The Balaban J connectivity index is 2.44. The maximum absolute atomic E-state index is 8.95. The molecule has 0 fully saturated rings. The van der Waals surface area contributed by atoms with Crippen LogP contribution in [-0.2, 0) is 4.74 Å². The average molecular weight is 243 g/mol. The number of hydrogen-bond acceptors (Lipinski definition) is 6. The monoisotopic (exact) mass is 243 g/mol. The molecular weight excluding hydrogens is 230 g/mol. The maximum Gasteiger partial charge on any atom is 0.154 e. The molecule has 0 aliphatic heterocycles. The van der Waals surface area contributed by atoms with E-state index in [4.69, 9.17) is 10.00 Å². The Bertz CT molecular complexity index is 593. The molecule has 0 amide bonds. The number of nitrogens with one attached hydrogen (secondary N) is 1. The van der Waals surface area contributed by atoms with Gasteiger partial charge in [-0.2, -0.15) is 5.26 Å². The van der Waals surface area contributed by atoms with E-state index >= 15 is 0 Å². The molecule has 2 aromatic rings. The number of methoxy groups -OCH3 is 1. The van der Waals surface area contributed by atoms with Crippen molar-refractivity contribution in [2.45, 2.75) is 13.0 Å². The first kappa shape index (κ1) is 12.2. The van der Waals surface area contributed by atoms with Crippen LogP contribution in [0.15, 0.2) is 18.6 Å². The van der Waals surface area contributed by atoms with Crippen LogP contribution < -0.4 is 5.32 Å². The zero-order valence-electron chi connectivity index (χ0n) is 10.2. The number of aromatic nitrogens is 3. The van der Waals surface area contributed by atoms with Crippen LogP contribution in [0.1, 0.15) is 12.6 Å². The molecule has 2 heterocycles. The van der Waals surface area contributed by atoms with Gasteiger partial charge in [-0.3, -0.25) is 0 Å². The fourth-order valence-corrected chi connectivity index (χ4v) is 1.68. The summed E-state index contributed by atoms with van der Waals surface area (Å²) in [4.78, 5) is 12.4. The molecule has 1 atom stereocenters. The molecule has 0 aliphatic carbocycles. The minimum absolute atomic E-state index is 0.0783. The molecule has 0 saturated carbocycles. The van der Waals surface area contributed by atoms with E-state index in [-0.39, 0.29) is 6.04 Å². The average Bonchev–Trinajstić information content (AvgIpc) is 2.38. The lowest BCUT2D eigenvalue weighted by Gasteiger charge is -2.14. The van der Waals surface area contributed by atoms with Gasteiger partial charge in [0.25, 0.3) is 0 Å². The molecule has 0 spiro atoms. The van der Waals surface area contributed by atoms with Gasteiger partial charge in [-0.05, 0) is 13.0 Å². The third kappa shape index (κ3) is 2.52. The Morgan fingerprint density at radius 1 is 1.56 bits per heavy atom. The van der Waals surface area contributed by atoms with Crippen molar-refractivity contribution in [2.24, 2.45) is 0 Å². The predicted molar refractivity (Wildman–Crippen MR) is 67.0 cm³/mol. The molecule has 6 nitrogen and oxygen atoms in total. The van der Waals surface area contributed by atoms with Gasteiger partial charge in [0.05, 0.1) is 6.61 Å². The van der Waals surface area contributed by atoms with E-state index in [1.165, 1.54) is 6.33 Å². The Morgan fingerprint density at radius 2 is 2.39 bits per heavy atom. The molecular formula is C12H13N5O. The smallest absolute Gasteiger partial charge is 0.154 e. The van der Waals surface area contributed by atoms with Gasteiger partial charge >= 0.3 is 0 Å².